The molecule has 6 heteroatoms. The number of para-hydroxylation sites is 5. The van der Waals surface area contributed by atoms with E-state index >= 15 is 0 Å². The molecule has 0 unspecified atom stereocenters. The SMILES string of the molecule is c1ccc(-c2cccc(N(c3ccc(-c4cccc5oc6ccccc6c45)cc3)c3ccc(-n4c5ccccc5c5cc(-c6ccc7c(c6)oc6cccc(-c8ccc(N(c9ccc(-n%10c%11ccccc%11c%11ccccc%11%10)cc9)c9ccccc9-c9ccccc9)cc8)c67)ccc54)cc3)c2)cc1. The van der Waals surface area contributed by atoms with Gasteiger partial charge in [0.05, 0.1) is 27.8 Å². The second-order valence-electron chi connectivity index (χ2n) is 26.3. The van der Waals surface area contributed by atoms with Crippen LogP contribution in [-0.4, -0.2) is 9.13 Å². The molecule has 478 valence electrons. The molecule has 0 aliphatic rings. The summed E-state index contributed by atoms with van der Waals surface area (Å²) >= 11 is 0. The van der Waals surface area contributed by atoms with Crippen LogP contribution in [0, 0.1) is 0 Å². The summed E-state index contributed by atoms with van der Waals surface area (Å²) in [4.78, 5) is 4.75. The van der Waals surface area contributed by atoms with Gasteiger partial charge in [-0.25, -0.2) is 0 Å². The largest absolute Gasteiger partial charge is 0.456 e. The van der Waals surface area contributed by atoms with E-state index in [0.29, 0.717) is 0 Å². The van der Waals surface area contributed by atoms with Crippen molar-refractivity contribution in [1.82, 2.24) is 9.13 Å². The molecule has 20 aromatic rings. The van der Waals surface area contributed by atoms with Crippen LogP contribution < -0.4 is 9.80 Å². The summed E-state index contributed by atoms with van der Waals surface area (Å²) in [5.41, 5.74) is 28.0. The number of aromatic nitrogens is 2. The van der Waals surface area contributed by atoms with Gasteiger partial charge in [-0.2, -0.15) is 0 Å². The summed E-state index contributed by atoms with van der Waals surface area (Å²) in [6.07, 6.45) is 0. The van der Waals surface area contributed by atoms with Crippen molar-refractivity contribution >= 4 is 122 Å². The van der Waals surface area contributed by atoms with Gasteiger partial charge in [0.15, 0.2) is 0 Å². The molecule has 6 nitrogen and oxygen atoms in total. The molecule has 0 amide bonds. The van der Waals surface area contributed by atoms with Crippen molar-refractivity contribution in [2.75, 3.05) is 9.80 Å². The predicted octanol–water partition coefficient (Wildman–Crippen LogP) is 27.0. The highest BCUT2D eigenvalue weighted by Crippen LogP contribution is 2.47. The van der Waals surface area contributed by atoms with Crippen molar-refractivity contribution in [2.24, 2.45) is 0 Å². The van der Waals surface area contributed by atoms with E-state index in [1.165, 1.54) is 38.1 Å². The summed E-state index contributed by atoms with van der Waals surface area (Å²) in [7, 11) is 0. The van der Waals surface area contributed by atoms with Gasteiger partial charge in [0.25, 0.3) is 0 Å². The van der Waals surface area contributed by atoms with Crippen LogP contribution in [0.3, 0.4) is 0 Å². The fourth-order valence-electron chi connectivity index (χ4n) is 15.8. The molecule has 0 spiro atoms. The van der Waals surface area contributed by atoms with Crippen LogP contribution in [-0.2, 0) is 0 Å². The number of fused-ring (bicyclic) bond motifs is 12. The van der Waals surface area contributed by atoms with Gasteiger partial charge in [0.2, 0.25) is 0 Å². The quantitative estimate of drug-likeness (QED) is 0.115. The summed E-state index contributed by atoms with van der Waals surface area (Å²) in [6, 6.07) is 136. The lowest BCUT2D eigenvalue weighted by Gasteiger charge is -2.28. The van der Waals surface area contributed by atoms with Crippen LogP contribution in [0.5, 0.6) is 0 Å². The lowest BCUT2D eigenvalue weighted by atomic mass is 9.97. The van der Waals surface area contributed by atoms with E-state index in [1.54, 1.807) is 0 Å². The molecule has 4 heterocycles. The van der Waals surface area contributed by atoms with Crippen LogP contribution in [0.15, 0.2) is 385 Å². The lowest BCUT2D eigenvalue weighted by Crippen LogP contribution is -2.11. The standard InChI is InChI=1S/C96H62N4O2/c1-3-20-63(21-4-1)67-24-17-25-76(60-67)97(70-46-40-65(41-47-70)78-31-18-38-92-95(78)83-30-11-16-37-91(83)101-92)71-50-54-75(55-51-71)100-89-36-15-10-29-82(89)85-61-68(45-59-90(85)100)69-44-58-84-94(62-69)102-93-39-19-32-79(96(84)93)66-42-48-72(49-43-66)98(86-33-12-7-26-77(86)64-22-5-2-6-23-64)73-52-56-74(57-53-73)99-87-34-13-8-27-80(87)81-28-9-14-35-88(81)99/h1-62H. The number of nitrogens with zero attached hydrogens (tertiary/aromatic N) is 4. The van der Waals surface area contributed by atoms with Gasteiger partial charge in [-0.1, -0.05) is 224 Å². The van der Waals surface area contributed by atoms with Gasteiger partial charge < -0.3 is 27.8 Å². The van der Waals surface area contributed by atoms with Crippen LogP contribution in [0.25, 0.3) is 154 Å². The molecule has 0 saturated carbocycles. The molecule has 0 aliphatic carbocycles. The Morgan fingerprint density at radius 2 is 0.578 bits per heavy atom. The molecule has 0 bridgehead atoms. The van der Waals surface area contributed by atoms with Gasteiger partial charge in [-0.05, 0) is 202 Å². The van der Waals surface area contributed by atoms with Crippen molar-refractivity contribution in [2.45, 2.75) is 0 Å². The summed E-state index contributed by atoms with van der Waals surface area (Å²) in [5.74, 6) is 0. The van der Waals surface area contributed by atoms with E-state index < -0.39 is 0 Å². The molecule has 0 fully saturated rings. The molecular weight excluding hydrogens is 1240 g/mol. The van der Waals surface area contributed by atoms with Crippen molar-refractivity contribution in [3.05, 3.63) is 376 Å². The number of rotatable bonds is 13. The molecular formula is C96H62N4O2. The van der Waals surface area contributed by atoms with Gasteiger partial charge in [0.1, 0.15) is 22.3 Å². The van der Waals surface area contributed by atoms with Gasteiger partial charge >= 0.3 is 0 Å². The van der Waals surface area contributed by atoms with E-state index in [9.17, 15) is 0 Å². The average molecular weight is 1300 g/mol. The fourth-order valence-corrected chi connectivity index (χ4v) is 15.8. The van der Waals surface area contributed by atoms with Crippen LogP contribution in [0.1, 0.15) is 0 Å². The summed E-state index contributed by atoms with van der Waals surface area (Å²) in [5, 5.41) is 9.28. The third kappa shape index (κ3) is 9.79. The Morgan fingerprint density at radius 3 is 1.18 bits per heavy atom. The normalized spacial score (nSPS) is 11.7. The zero-order chi connectivity index (χ0) is 67.2. The Bertz CT molecular complexity index is 6550. The Labute approximate surface area is 588 Å². The minimum absolute atomic E-state index is 0.847. The maximum Gasteiger partial charge on any atom is 0.136 e. The highest BCUT2D eigenvalue weighted by atomic mass is 16.3. The fraction of sp³-hybridized carbons (Fsp3) is 0. The maximum atomic E-state index is 6.85. The summed E-state index contributed by atoms with van der Waals surface area (Å²) in [6.45, 7) is 0. The molecule has 0 radical (unpaired) electrons. The first kappa shape index (κ1) is 58.5. The first-order valence-corrected chi connectivity index (χ1v) is 34.8. The van der Waals surface area contributed by atoms with E-state index in [-0.39, 0.29) is 0 Å². The van der Waals surface area contributed by atoms with E-state index in [1.807, 2.05) is 12.1 Å². The monoisotopic (exact) mass is 1300 g/mol. The Morgan fingerprint density at radius 1 is 0.196 bits per heavy atom. The first-order valence-electron chi connectivity index (χ1n) is 34.8. The molecule has 0 saturated heterocycles. The molecule has 20 rings (SSSR count). The number of anilines is 6. The minimum atomic E-state index is 0.847. The van der Waals surface area contributed by atoms with Crippen molar-refractivity contribution < 1.29 is 8.83 Å². The molecule has 4 aromatic heterocycles. The third-order valence-electron chi connectivity index (χ3n) is 20.5. The summed E-state index contributed by atoms with van der Waals surface area (Å²) < 4.78 is 17.9. The maximum absolute atomic E-state index is 6.85. The number of hydrogen-bond acceptors (Lipinski definition) is 4. The average Bonchev–Trinajstić information content (AvgIpc) is 1.58. The Hall–Kier alpha value is -13.7. The Kier molecular flexibility index (Phi) is 13.8. The zero-order valence-corrected chi connectivity index (χ0v) is 55.4. The van der Waals surface area contributed by atoms with Crippen LogP contribution >= 0.6 is 0 Å². The Balaban J connectivity index is 0.627. The van der Waals surface area contributed by atoms with Crippen molar-refractivity contribution in [3.63, 3.8) is 0 Å². The van der Waals surface area contributed by atoms with E-state index in [4.69, 9.17) is 8.83 Å². The number of hydrogen-bond donors (Lipinski definition) is 0. The first-order chi connectivity index (χ1) is 50.6. The minimum Gasteiger partial charge on any atom is -0.456 e. The second kappa shape index (κ2) is 24.1. The molecule has 102 heavy (non-hydrogen) atoms. The highest BCUT2D eigenvalue weighted by molar-refractivity contribution is 6.16. The smallest absolute Gasteiger partial charge is 0.136 e. The second-order valence-corrected chi connectivity index (χ2v) is 26.3. The predicted molar refractivity (Wildman–Crippen MR) is 426 cm³/mol. The van der Waals surface area contributed by atoms with Gasteiger partial charge in [0, 0.05) is 88.5 Å². The molecule has 0 aliphatic heterocycles. The lowest BCUT2D eigenvalue weighted by molar-refractivity contribution is 0.668. The number of benzene rings is 16. The van der Waals surface area contributed by atoms with Crippen LogP contribution in [0.2, 0.25) is 0 Å². The molecule has 0 N–H and O–H groups in total. The molecule has 16 aromatic carbocycles. The van der Waals surface area contributed by atoms with Crippen LogP contribution in [0.4, 0.5) is 34.1 Å². The molecule has 0 atom stereocenters. The highest BCUT2D eigenvalue weighted by Gasteiger charge is 2.23. The van der Waals surface area contributed by atoms with Gasteiger partial charge in [-0.3, -0.25) is 0 Å². The zero-order valence-electron chi connectivity index (χ0n) is 55.4. The number of furan rings is 2. The van der Waals surface area contributed by atoms with Crippen molar-refractivity contribution in [3.8, 4) is 67.0 Å². The topological polar surface area (TPSA) is 42.6 Å². The van der Waals surface area contributed by atoms with E-state index in [0.717, 1.165) is 150 Å². The van der Waals surface area contributed by atoms with Crippen molar-refractivity contribution in [1.29, 1.82) is 0 Å². The third-order valence-corrected chi connectivity index (χ3v) is 20.5. The van der Waals surface area contributed by atoms with E-state index in [2.05, 4.69) is 383 Å². The van der Waals surface area contributed by atoms with Gasteiger partial charge in [-0.15, -0.1) is 0 Å².